The van der Waals surface area contributed by atoms with Crippen molar-refractivity contribution in [2.45, 2.75) is 59.3 Å². The molecule has 0 unspecified atom stereocenters. The second kappa shape index (κ2) is 4.97. The van der Waals surface area contributed by atoms with Crippen LogP contribution in [-0.4, -0.2) is 0 Å². The van der Waals surface area contributed by atoms with Crippen molar-refractivity contribution in [3.05, 3.63) is 59.2 Å². The molecule has 0 radical (unpaired) electrons. The Labute approximate surface area is 151 Å². The molecule has 0 N–H and O–H groups in total. The molecule has 4 aromatic rings. The maximum Gasteiger partial charge on any atom is -0.00239 e. The van der Waals surface area contributed by atoms with E-state index in [-0.39, 0.29) is 10.8 Å². The van der Waals surface area contributed by atoms with Crippen molar-refractivity contribution in [2.75, 3.05) is 0 Å². The molecule has 0 aliphatic rings. The Hall–Kier alpha value is -2.08. The molecular weight excluding hydrogens is 300 g/mol. The molecule has 0 nitrogen and oxygen atoms in total. The third-order valence-electron chi connectivity index (χ3n) is 5.59. The van der Waals surface area contributed by atoms with Crippen molar-refractivity contribution in [3.8, 4) is 0 Å². The summed E-state index contributed by atoms with van der Waals surface area (Å²) in [5, 5.41) is 8.37. The first-order valence-corrected chi connectivity index (χ1v) is 9.30. The molecule has 4 aromatic carbocycles. The number of benzene rings is 4. The SMILES string of the molecule is Cc1cc2cc(C(C)(C)C)cc3ccc4cc(C(C)(C)C)cc1c4c32. The van der Waals surface area contributed by atoms with Crippen LogP contribution in [0, 0.1) is 6.92 Å². The third kappa shape index (κ3) is 2.51. The van der Waals surface area contributed by atoms with Gasteiger partial charge in [-0.25, -0.2) is 0 Å². The fourth-order valence-electron chi connectivity index (χ4n) is 3.96. The van der Waals surface area contributed by atoms with Gasteiger partial charge >= 0.3 is 0 Å². The van der Waals surface area contributed by atoms with E-state index >= 15 is 0 Å². The fraction of sp³-hybridized carbons (Fsp3) is 0.360. The lowest BCUT2D eigenvalue weighted by Crippen LogP contribution is -2.12. The van der Waals surface area contributed by atoms with Crippen LogP contribution in [0.1, 0.15) is 58.2 Å². The number of hydrogen-bond acceptors (Lipinski definition) is 0. The Morgan fingerprint density at radius 1 is 0.560 bits per heavy atom. The second-order valence-corrected chi connectivity index (χ2v) is 9.68. The van der Waals surface area contributed by atoms with Crippen molar-refractivity contribution in [3.63, 3.8) is 0 Å². The average molecular weight is 328 g/mol. The molecule has 0 heteroatoms. The quantitative estimate of drug-likeness (QED) is 0.293. The maximum absolute atomic E-state index is 2.41. The van der Waals surface area contributed by atoms with E-state index in [9.17, 15) is 0 Å². The van der Waals surface area contributed by atoms with Gasteiger partial charge in [0.2, 0.25) is 0 Å². The van der Waals surface area contributed by atoms with E-state index in [1.165, 1.54) is 49.0 Å². The van der Waals surface area contributed by atoms with Crippen LogP contribution < -0.4 is 0 Å². The zero-order chi connectivity index (χ0) is 18.1. The van der Waals surface area contributed by atoms with E-state index < -0.39 is 0 Å². The van der Waals surface area contributed by atoms with Crippen molar-refractivity contribution in [2.24, 2.45) is 0 Å². The molecule has 0 amide bonds. The highest BCUT2D eigenvalue weighted by Crippen LogP contribution is 2.40. The Balaban J connectivity index is 2.19. The third-order valence-corrected chi connectivity index (χ3v) is 5.59. The molecule has 0 spiro atoms. The first-order chi connectivity index (χ1) is 11.6. The molecule has 0 saturated heterocycles. The molecule has 0 heterocycles. The van der Waals surface area contributed by atoms with E-state index in [0.717, 1.165) is 0 Å². The van der Waals surface area contributed by atoms with Crippen molar-refractivity contribution >= 4 is 32.3 Å². The average Bonchev–Trinajstić information content (AvgIpc) is 2.50. The van der Waals surface area contributed by atoms with Gasteiger partial charge in [0.25, 0.3) is 0 Å². The molecule has 25 heavy (non-hydrogen) atoms. The first-order valence-electron chi connectivity index (χ1n) is 9.30. The lowest BCUT2D eigenvalue weighted by molar-refractivity contribution is 0.591. The van der Waals surface area contributed by atoms with E-state index in [0.29, 0.717) is 0 Å². The van der Waals surface area contributed by atoms with Crippen LogP contribution in [0.4, 0.5) is 0 Å². The molecule has 0 aromatic heterocycles. The molecule has 0 saturated carbocycles. The summed E-state index contributed by atoms with van der Waals surface area (Å²) in [4.78, 5) is 0. The standard InChI is InChI=1S/C25H28/c1-15-10-18-13-19(24(2,3)4)11-16-8-9-17-12-20(25(5,6)7)14-21(15)23(17)22(16)18/h8-14H,1-7H3. The van der Waals surface area contributed by atoms with Crippen LogP contribution in [0.3, 0.4) is 0 Å². The van der Waals surface area contributed by atoms with Gasteiger partial charge in [0.05, 0.1) is 0 Å². The summed E-state index contributed by atoms with van der Waals surface area (Å²) in [6.45, 7) is 16.0. The molecule has 0 aliphatic heterocycles. The Kier molecular flexibility index (Phi) is 3.26. The minimum Gasteiger partial charge on any atom is -0.0561 e. The number of hydrogen-bond donors (Lipinski definition) is 0. The van der Waals surface area contributed by atoms with Crippen LogP contribution in [0.15, 0.2) is 42.5 Å². The normalized spacial score (nSPS) is 13.4. The minimum absolute atomic E-state index is 0.163. The summed E-state index contributed by atoms with van der Waals surface area (Å²) in [6.07, 6.45) is 0. The lowest BCUT2D eigenvalue weighted by atomic mass is 9.80. The van der Waals surface area contributed by atoms with Gasteiger partial charge in [0, 0.05) is 0 Å². The van der Waals surface area contributed by atoms with Crippen LogP contribution in [0.25, 0.3) is 32.3 Å². The van der Waals surface area contributed by atoms with Gasteiger partial charge in [0.15, 0.2) is 0 Å². The summed E-state index contributed by atoms with van der Waals surface area (Å²) in [6, 6.07) is 16.6. The van der Waals surface area contributed by atoms with Crippen LogP contribution in [0.5, 0.6) is 0 Å². The van der Waals surface area contributed by atoms with Gasteiger partial charge in [-0.1, -0.05) is 84.0 Å². The molecule has 0 atom stereocenters. The first kappa shape index (κ1) is 16.4. The Morgan fingerprint density at radius 2 is 1.04 bits per heavy atom. The van der Waals surface area contributed by atoms with Gasteiger partial charge in [-0.2, -0.15) is 0 Å². The molecule has 0 bridgehead atoms. The fourth-order valence-corrected chi connectivity index (χ4v) is 3.96. The van der Waals surface area contributed by atoms with E-state index in [1.54, 1.807) is 0 Å². The number of rotatable bonds is 0. The minimum atomic E-state index is 0.163. The maximum atomic E-state index is 2.41. The zero-order valence-electron chi connectivity index (χ0n) is 16.5. The molecule has 128 valence electrons. The smallest absolute Gasteiger partial charge is 0.00239 e. The van der Waals surface area contributed by atoms with Crippen LogP contribution in [0.2, 0.25) is 0 Å². The lowest BCUT2D eigenvalue weighted by Gasteiger charge is -2.24. The highest BCUT2D eigenvalue weighted by molar-refractivity contribution is 6.24. The van der Waals surface area contributed by atoms with E-state index in [2.05, 4.69) is 90.9 Å². The Bertz CT molecular complexity index is 1100. The molecule has 4 rings (SSSR count). The van der Waals surface area contributed by atoms with E-state index in [1.807, 2.05) is 0 Å². The van der Waals surface area contributed by atoms with E-state index in [4.69, 9.17) is 0 Å². The summed E-state index contributed by atoms with van der Waals surface area (Å²) in [5.74, 6) is 0. The summed E-state index contributed by atoms with van der Waals surface area (Å²) in [5.41, 5.74) is 4.53. The molecular formula is C25H28. The van der Waals surface area contributed by atoms with Gasteiger partial charge in [0.1, 0.15) is 0 Å². The van der Waals surface area contributed by atoms with Gasteiger partial charge < -0.3 is 0 Å². The predicted molar refractivity (Wildman–Crippen MR) is 112 cm³/mol. The summed E-state index contributed by atoms with van der Waals surface area (Å²) >= 11 is 0. The van der Waals surface area contributed by atoms with Gasteiger partial charge in [-0.05, 0) is 66.8 Å². The predicted octanol–water partition coefficient (Wildman–Crippen LogP) is 7.49. The van der Waals surface area contributed by atoms with Crippen molar-refractivity contribution in [1.82, 2.24) is 0 Å². The van der Waals surface area contributed by atoms with Crippen molar-refractivity contribution < 1.29 is 0 Å². The van der Waals surface area contributed by atoms with Crippen LogP contribution >= 0.6 is 0 Å². The van der Waals surface area contributed by atoms with Gasteiger partial charge in [-0.15, -0.1) is 0 Å². The largest absolute Gasteiger partial charge is 0.0561 e. The second-order valence-electron chi connectivity index (χ2n) is 9.68. The highest BCUT2D eigenvalue weighted by atomic mass is 14.2. The monoisotopic (exact) mass is 328 g/mol. The van der Waals surface area contributed by atoms with Crippen molar-refractivity contribution in [1.29, 1.82) is 0 Å². The zero-order valence-corrected chi connectivity index (χ0v) is 16.5. The summed E-state index contributed by atoms with van der Waals surface area (Å²) in [7, 11) is 0. The molecule has 0 fully saturated rings. The van der Waals surface area contributed by atoms with Gasteiger partial charge in [-0.3, -0.25) is 0 Å². The highest BCUT2D eigenvalue weighted by Gasteiger charge is 2.20. The topological polar surface area (TPSA) is 0 Å². The number of aryl methyl sites for hydroxylation is 1. The summed E-state index contributed by atoms with van der Waals surface area (Å²) < 4.78 is 0. The van der Waals surface area contributed by atoms with Crippen LogP contribution in [-0.2, 0) is 10.8 Å². The Morgan fingerprint density at radius 3 is 1.60 bits per heavy atom. The molecule has 0 aliphatic carbocycles.